The molecule has 0 saturated heterocycles. The molecule has 2 aromatic rings. The van der Waals surface area contributed by atoms with E-state index < -0.39 is 11.9 Å². The molecule has 2 rings (SSSR count). The summed E-state index contributed by atoms with van der Waals surface area (Å²) in [5.74, 6) is 0.175. The third-order valence-corrected chi connectivity index (χ3v) is 3.30. The second-order valence-electron chi connectivity index (χ2n) is 5.10. The van der Waals surface area contributed by atoms with E-state index in [4.69, 9.17) is 15.5 Å². The van der Waals surface area contributed by atoms with Gasteiger partial charge in [0.05, 0.1) is 25.5 Å². The van der Waals surface area contributed by atoms with Crippen LogP contribution < -0.4 is 5.32 Å². The van der Waals surface area contributed by atoms with Crippen LogP contribution in [0.1, 0.15) is 21.7 Å². The monoisotopic (exact) mass is 341 g/mol. The first-order valence-corrected chi connectivity index (χ1v) is 7.30. The lowest BCUT2D eigenvalue weighted by Gasteiger charge is -2.15. The first-order chi connectivity index (χ1) is 12.2. The summed E-state index contributed by atoms with van der Waals surface area (Å²) in [6, 6.07) is 7.39. The van der Waals surface area contributed by atoms with Gasteiger partial charge in [0.25, 0.3) is 5.91 Å². The number of benzene rings is 1. The molecule has 10 nitrogen and oxygen atoms in total. The summed E-state index contributed by atoms with van der Waals surface area (Å²) in [4.78, 5) is 17.8. The quantitative estimate of drug-likeness (QED) is 0.428. The Balaban J connectivity index is 2.19. The molecule has 0 saturated carbocycles. The minimum absolute atomic E-state index is 0.0153. The van der Waals surface area contributed by atoms with Crippen molar-refractivity contribution < 1.29 is 14.3 Å². The number of carbonyl (C=O) groups is 1. The Kier molecular flexibility index (Phi) is 6.44. The lowest BCUT2D eigenvalue weighted by Crippen LogP contribution is -2.39. The number of aliphatic hydroxyl groups excluding tert-OH is 1. The average Bonchev–Trinajstić information content (AvgIpc) is 3.12. The lowest BCUT2D eigenvalue weighted by atomic mass is 10.1. The van der Waals surface area contributed by atoms with Gasteiger partial charge in [0.1, 0.15) is 5.76 Å². The van der Waals surface area contributed by atoms with Crippen LogP contribution in [0.3, 0.4) is 0 Å². The fraction of sp³-hybridized carbons (Fsp3) is 0.267. The van der Waals surface area contributed by atoms with Crippen LogP contribution in [0.25, 0.3) is 20.9 Å². The van der Waals surface area contributed by atoms with E-state index in [1.807, 2.05) is 0 Å². The van der Waals surface area contributed by atoms with Crippen LogP contribution in [-0.2, 0) is 13.0 Å². The Labute approximate surface area is 142 Å². The molecule has 0 radical (unpaired) electrons. The Morgan fingerprint density at radius 2 is 2.16 bits per heavy atom. The van der Waals surface area contributed by atoms with Crippen LogP contribution in [0.2, 0.25) is 0 Å². The number of nitrogens with one attached hydrogen (secondary N) is 1. The van der Waals surface area contributed by atoms with Crippen molar-refractivity contribution in [3.05, 3.63) is 74.4 Å². The van der Waals surface area contributed by atoms with E-state index in [1.54, 1.807) is 12.1 Å². The molecular formula is C15H15N7O3. The second kappa shape index (κ2) is 8.99. The molecule has 0 aliphatic rings. The smallest absolute Gasteiger partial charge is 0.251 e. The van der Waals surface area contributed by atoms with Crippen LogP contribution in [0.5, 0.6) is 0 Å². The number of rotatable bonds is 8. The van der Waals surface area contributed by atoms with Crippen molar-refractivity contribution in [2.75, 3.05) is 6.61 Å². The van der Waals surface area contributed by atoms with Crippen LogP contribution in [0, 0.1) is 0 Å². The van der Waals surface area contributed by atoms with Crippen molar-refractivity contribution in [3.8, 4) is 0 Å². The topological polar surface area (TPSA) is 160 Å². The molecule has 1 amide bonds. The molecule has 2 N–H and O–H groups in total. The van der Waals surface area contributed by atoms with E-state index in [-0.39, 0.29) is 24.4 Å². The van der Waals surface area contributed by atoms with Gasteiger partial charge in [-0.15, -0.1) is 0 Å². The molecule has 0 fully saturated rings. The Morgan fingerprint density at radius 3 is 2.80 bits per heavy atom. The van der Waals surface area contributed by atoms with Crippen LogP contribution in [-0.4, -0.2) is 23.7 Å². The maximum atomic E-state index is 12.4. The number of hydrogen-bond acceptors (Lipinski definition) is 5. The van der Waals surface area contributed by atoms with Crippen molar-refractivity contribution in [2.45, 2.75) is 19.0 Å². The van der Waals surface area contributed by atoms with Crippen molar-refractivity contribution >= 4 is 11.6 Å². The van der Waals surface area contributed by atoms with Crippen LogP contribution in [0.15, 0.2) is 51.2 Å². The largest absolute Gasteiger partial charge is 0.469 e. The number of amides is 1. The lowest BCUT2D eigenvalue weighted by molar-refractivity contribution is 0.0914. The van der Waals surface area contributed by atoms with Gasteiger partial charge in [0, 0.05) is 27.5 Å². The molecule has 1 heterocycles. The molecule has 1 aromatic carbocycles. The van der Waals surface area contributed by atoms with Gasteiger partial charge in [-0.05, 0) is 47.0 Å². The molecule has 1 aromatic heterocycles. The van der Waals surface area contributed by atoms with E-state index in [1.165, 1.54) is 24.5 Å². The number of nitrogens with zero attached hydrogens (tertiary/aromatic N) is 6. The molecule has 25 heavy (non-hydrogen) atoms. The SMILES string of the molecule is [N-]=[N+]=NCc1cc(N=[N+]=[N-])cc(C(=O)NC(CO)Cc2ccco2)c1. The highest BCUT2D eigenvalue weighted by Crippen LogP contribution is 2.19. The van der Waals surface area contributed by atoms with E-state index >= 15 is 0 Å². The normalized spacial score (nSPS) is 11.1. The highest BCUT2D eigenvalue weighted by molar-refractivity contribution is 5.95. The van der Waals surface area contributed by atoms with E-state index in [2.05, 4.69) is 25.4 Å². The van der Waals surface area contributed by atoms with Crippen molar-refractivity contribution in [1.82, 2.24) is 5.32 Å². The zero-order chi connectivity index (χ0) is 18.1. The van der Waals surface area contributed by atoms with Crippen molar-refractivity contribution in [1.29, 1.82) is 0 Å². The summed E-state index contributed by atoms with van der Waals surface area (Å²) in [5, 5.41) is 19.1. The summed E-state index contributed by atoms with van der Waals surface area (Å²) >= 11 is 0. The van der Waals surface area contributed by atoms with Crippen LogP contribution in [0.4, 0.5) is 5.69 Å². The van der Waals surface area contributed by atoms with E-state index in [0.717, 1.165) is 0 Å². The maximum absolute atomic E-state index is 12.4. The number of furan rings is 1. The fourth-order valence-corrected chi connectivity index (χ4v) is 2.22. The molecule has 1 atom stereocenters. The average molecular weight is 341 g/mol. The first-order valence-electron chi connectivity index (χ1n) is 7.30. The van der Waals surface area contributed by atoms with E-state index in [9.17, 15) is 9.90 Å². The minimum Gasteiger partial charge on any atom is -0.469 e. The number of aliphatic hydroxyl groups is 1. The van der Waals surface area contributed by atoms with Gasteiger partial charge >= 0.3 is 0 Å². The Hall–Kier alpha value is -3.45. The predicted octanol–water partition coefficient (Wildman–Crippen LogP) is 3.37. The number of azide groups is 2. The van der Waals surface area contributed by atoms with Gasteiger partial charge in [0.2, 0.25) is 0 Å². The standard InChI is InChI=1S/C15H15N7O3/c16-21-18-8-10-4-11(6-12(5-10)20-22-17)15(24)19-13(9-23)7-14-2-1-3-25-14/h1-6,13,23H,7-9H2,(H,19,24). The zero-order valence-electron chi connectivity index (χ0n) is 13.1. The summed E-state index contributed by atoms with van der Waals surface area (Å²) in [6.07, 6.45) is 1.84. The Morgan fingerprint density at radius 1 is 1.32 bits per heavy atom. The summed E-state index contributed by atoms with van der Waals surface area (Å²) in [5.41, 5.74) is 18.0. The zero-order valence-corrected chi connectivity index (χ0v) is 13.1. The van der Waals surface area contributed by atoms with Gasteiger partial charge in [-0.3, -0.25) is 4.79 Å². The van der Waals surface area contributed by atoms with Gasteiger partial charge in [0.15, 0.2) is 0 Å². The summed E-state index contributed by atoms with van der Waals surface area (Å²) in [7, 11) is 0. The molecule has 128 valence electrons. The van der Waals surface area contributed by atoms with Crippen LogP contribution >= 0.6 is 0 Å². The molecule has 0 bridgehead atoms. The first kappa shape index (κ1) is 17.9. The molecule has 0 aliphatic heterocycles. The fourth-order valence-electron chi connectivity index (χ4n) is 2.22. The van der Waals surface area contributed by atoms with Gasteiger partial charge in [-0.1, -0.05) is 10.2 Å². The van der Waals surface area contributed by atoms with Crippen molar-refractivity contribution in [3.63, 3.8) is 0 Å². The summed E-state index contributed by atoms with van der Waals surface area (Å²) < 4.78 is 5.20. The molecule has 1 unspecified atom stereocenters. The number of hydrogen-bond donors (Lipinski definition) is 2. The third kappa shape index (κ3) is 5.29. The molecular weight excluding hydrogens is 326 g/mol. The molecule has 0 spiro atoms. The highest BCUT2D eigenvalue weighted by Gasteiger charge is 2.16. The summed E-state index contributed by atoms with van der Waals surface area (Å²) in [6.45, 7) is -0.255. The second-order valence-corrected chi connectivity index (χ2v) is 5.10. The minimum atomic E-state index is -0.539. The highest BCUT2D eigenvalue weighted by atomic mass is 16.3. The molecule has 10 heteroatoms. The van der Waals surface area contributed by atoms with Crippen molar-refractivity contribution in [2.24, 2.45) is 10.2 Å². The Bertz CT molecular complexity index is 822. The van der Waals surface area contributed by atoms with Gasteiger partial charge in [-0.2, -0.15) is 0 Å². The van der Waals surface area contributed by atoms with E-state index in [0.29, 0.717) is 17.7 Å². The van der Waals surface area contributed by atoms with Gasteiger partial charge < -0.3 is 14.8 Å². The molecule has 0 aliphatic carbocycles. The number of carbonyl (C=O) groups excluding carboxylic acids is 1. The predicted molar refractivity (Wildman–Crippen MR) is 88.9 cm³/mol. The third-order valence-electron chi connectivity index (χ3n) is 3.30. The maximum Gasteiger partial charge on any atom is 0.251 e. The van der Waals surface area contributed by atoms with Gasteiger partial charge in [-0.25, -0.2) is 0 Å².